The molecule has 6 rings (SSSR count). The Morgan fingerprint density at radius 3 is 2.55 bits per heavy atom. The Labute approximate surface area is 231 Å². The molecule has 2 amide bonds. The van der Waals surface area contributed by atoms with Crippen LogP contribution in [0.5, 0.6) is 23.0 Å². The number of ether oxygens (including phenoxy) is 4. The molecule has 0 unspecified atom stereocenters. The molecule has 1 aromatic heterocycles. The van der Waals surface area contributed by atoms with Crippen molar-refractivity contribution < 1.29 is 37.0 Å². The lowest BCUT2D eigenvalue weighted by Crippen LogP contribution is -2.45. The van der Waals surface area contributed by atoms with Gasteiger partial charge >= 0.3 is 0 Å². The zero-order valence-electron chi connectivity index (χ0n) is 22.1. The van der Waals surface area contributed by atoms with Crippen molar-refractivity contribution in [2.75, 3.05) is 33.9 Å². The fourth-order valence-electron chi connectivity index (χ4n) is 4.51. The van der Waals surface area contributed by atoms with E-state index in [0.29, 0.717) is 17.2 Å². The molecule has 2 aromatic carbocycles. The molecule has 40 heavy (non-hydrogen) atoms. The average molecular weight is 572 g/mol. The number of nitrogens with one attached hydrogen (secondary N) is 2. The Kier molecular flexibility index (Phi) is 7.54. The zero-order chi connectivity index (χ0) is 28.4. The maximum Gasteiger partial charge on any atom is 0.262 e. The molecule has 13 nitrogen and oxygen atoms in total. The van der Waals surface area contributed by atoms with Gasteiger partial charge < -0.3 is 34.1 Å². The van der Waals surface area contributed by atoms with Crippen LogP contribution < -0.4 is 29.6 Å². The summed E-state index contributed by atoms with van der Waals surface area (Å²) in [5.41, 5.74) is 0.976. The summed E-state index contributed by atoms with van der Waals surface area (Å²) in [6, 6.07) is 9.00. The summed E-state index contributed by atoms with van der Waals surface area (Å²) < 4.78 is 52.3. The van der Waals surface area contributed by atoms with Gasteiger partial charge in [-0.15, -0.1) is 0 Å². The molecule has 3 aliphatic rings. The normalized spacial score (nSPS) is 20.0. The van der Waals surface area contributed by atoms with Gasteiger partial charge in [-0.2, -0.15) is 4.31 Å². The molecule has 4 heterocycles. The first-order valence-electron chi connectivity index (χ1n) is 12.4. The van der Waals surface area contributed by atoms with E-state index in [4.69, 9.17) is 18.9 Å². The molecule has 0 spiro atoms. The van der Waals surface area contributed by atoms with E-state index in [-0.39, 0.29) is 48.5 Å². The van der Waals surface area contributed by atoms with Crippen molar-refractivity contribution in [2.24, 2.45) is 7.05 Å². The highest BCUT2D eigenvalue weighted by atomic mass is 32.2. The highest BCUT2D eigenvalue weighted by Gasteiger charge is 2.43. The smallest absolute Gasteiger partial charge is 0.262 e. The van der Waals surface area contributed by atoms with Gasteiger partial charge in [0.2, 0.25) is 0 Å². The molecule has 3 aliphatic heterocycles. The van der Waals surface area contributed by atoms with Crippen LogP contribution in [0.2, 0.25) is 0 Å². The van der Waals surface area contributed by atoms with Crippen LogP contribution in [0.1, 0.15) is 15.9 Å². The summed E-state index contributed by atoms with van der Waals surface area (Å²) >= 11 is 0. The number of benzene rings is 2. The first kappa shape index (κ1) is 27.3. The van der Waals surface area contributed by atoms with E-state index < -0.39 is 28.1 Å². The van der Waals surface area contributed by atoms with E-state index >= 15 is 0 Å². The van der Waals surface area contributed by atoms with Gasteiger partial charge in [0, 0.05) is 31.9 Å². The van der Waals surface area contributed by atoms with Gasteiger partial charge in [0.05, 0.1) is 33.1 Å². The van der Waals surface area contributed by atoms with Crippen LogP contribution in [0.15, 0.2) is 53.9 Å². The molecule has 0 radical (unpaired) electrons. The topological polar surface area (TPSA) is 150 Å². The molecule has 1 fully saturated rings. The maximum atomic E-state index is 13.4. The third-order valence-corrected chi connectivity index (χ3v) is 8.33. The largest absolute Gasteiger partial charge is 0.493 e. The number of fused-ring (bicyclic) bond motifs is 7. The minimum absolute atomic E-state index is 0.0399. The first-order chi connectivity index (χ1) is 19.2. The minimum atomic E-state index is -3.96. The molecule has 2 N–H and O–H groups in total. The molecule has 14 heteroatoms. The molecule has 4 bridgehead atoms. The van der Waals surface area contributed by atoms with Crippen LogP contribution in [0.3, 0.4) is 0 Å². The molecule has 0 aliphatic carbocycles. The molecule has 0 saturated carbocycles. The third kappa shape index (κ3) is 5.53. The van der Waals surface area contributed by atoms with Gasteiger partial charge in [0.25, 0.3) is 21.8 Å². The van der Waals surface area contributed by atoms with Crippen molar-refractivity contribution in [2.45, 2.75) is 23.7 Å². The summed E-state index contributed by atoms with van der Waals surface area (Å²) in [6.07, 6.45) is 2.07. The van der Waals surface area contributed by atoms with Crippen LogP contribution in [-0.2, 0) is 28.4 Å². The molecule has 3 aromatic rings. The van der Waals surface area contributed by atoms with Crippen molar-refractivity contribution in [3.05, 3.63) is 60.0 Å². The minimum Gasteiger partial charge on any atom is -0.493 e. The number of carbonyl (C=O) groups excluding carboxylic acids is 2. The number of carbonyl (C=O) groups is 2. The fraction of sp³-hybridized carbons (Fsp3) is 0.346. The van der Waals surface area contributed by atoms with E-state index in [0.717, 1.165) is 5.56 Å². The van der Waals surface area contributed by atoms with E-state index in [1.807, 2.05) is 0 Å². The maximum absolute atomic E-state index is 13.4. The van der Waals surface area contributed by atoms with Gasteiger partial charge in [-0.25, -0.2) is 13.4 Å². The standard InChI is InChI=1S/C26H29N5O8S/c1-30-13-25(28-15-30)40(34,35)31-11-18-23(12-31)39-20-6-4-16(8-21(20)37-3)10-27-24(32)14-38-22-9-17(26(33)29-18)5-7-19(22)36-2/h4-9,13,15,18,23H,10-12,14H2,1-3H3,(H,27,32)(H,29,33)/t18-,23-/m0/s1. The van der Waals surface area contributed by atoms with E-state index in [9.17, 15) is 18.0 Å². The second kappa shape index (κ2) is 11.1. The number of nitrogens with zero attached hydrogens (tertiary/aromatic N) is 3. The summed E-state index contributed by atoms with van der Waals surface area (Å²) in [6.45, 7) is -0.182. The van der Waals surface area contributed by atoms with Crippen LogP contribution in [0.25, 0.3) is 0 Å². The highest BCUT2D eigenvalue weighted by Crippen LogP contribution is 2.32. The van der Waals surface area contributed by atoms with E-state index in [2.05, 4.69) is 15.6 Å². The number of rotatable bonds is 4. The number of amides is 2. The van der Waals surface area contributed by atoms with Crippen LogP contribution in [0, 0.1) is 0 Å². The van der Waals surface area contributed by atoms with E-state index in [1.165, 1.54) is 37.1 Å². The van der Waals surface area contributed by atoms with Crippen LogP contribution in [-0.4, -0.2) is 80.2 Å². The Morgan fingerprint density at radius 2 is 1.82 bits per heavy atom. The predicted molar refractivity (Wildman–Crippen MR) is 141 cm³/mol. The number of methoxy groups -OCH3 is 2. The van der Waals surface area contributed by atoms with Crippen molar-refractivity contribution in [1.29, 1.82) is 0 Å². The molecule has 1 saturated heterocycles. The number of sulfonamides is 1. The lowest BCUT2D eigenvalue weighted by molar-refractivity contribution is -0.123. The summed E-state index contributed by atoms with van der Waals surface area (Å²) in [7, 11) is 0.646. The number of aryl methyl sites for hydroxylation is 1. The Morgan fingerprint density at radius 1 is 1.02 bits per heavy atom. The average Bonchev–Trinajstić information content (AvgIpc) is 3.57. The summed E-state index contributed by atoms with van der Waals surface area (Å²) in [4.78, 5) is 29.8. The monoisotopic (exact) mass is 571 g/mol. The van der Waals surface area contributed by atoms with E-state index in [1.54, 1.807) is 41.9 Å². The quantitative estimate of drug-likeness (QED) is 0.461. The Balaban J connectivity index is 1.51. The number of hydrogen-bond donors (Lipinski definition) is 2. The summed E-state index contributed by atoms with van der Waals surface area (Å²) in [5, 5.41) is 5.58. The van der Waals surface area contributed by atoms with Gasteiger partial charge in [-0.1, -0.05) is 6.07 Å². The second-order valence-corrected chi connectivity index (χ2v) is 11.2. The SMILES string of the molecule is COc1ccc2cc1OCC(=O)NCc1ccc(c(OC)c1)O[C@H]1CN(S(=O)(=O)c3cn(C)cn3)C[C@@H]1NC2=O. The number of imidazole rings is 1. The van der Waals surface area contributed by atoms with Crippen molar-refractivity contribution in [1.82, 2.24) is 24.5 Å². The number of aromatic nitrogens is 2. The molecule has 212 valence electrons. The third-order valence-electron chi connectivity index (χ3n) is 6.62. The van der Waals surface area contributed by atoms with Crippen molar-refractivity contribution in [3.63, 3.8) is 0 Å². The van der Waals surface area contributed by atoms with Gasteiger partial charge in [0.15, 0.2) is 34.6 Å². The van der Waals surface area contributed by atoms with Crippen LogP contribution >= 0.6 is 0 Å². The van der Waals surface area contributed by atoms with Gasteiger partial charge in [-0.05, 0) is 35.9 Å². The second-order valence-electron chi connectivity index (χ2n) is 9.35. The van der Waals surface area contributed by atoms with Gasteiger partial charge in [0.1, 0.15) is 6.10 Å². The zero-order valence-corrected chi connectivity index (χ0v) is 22.9. The van der Waals surface area contributed by atoms with Gasteiger partial charge in [-0.3, -0.25) is 9.59 Å². The van der Waals surface area contributed by atoms with Crippen molar-refractivity contribution in [3.8, 4) is 23.0 Å². The van der Waals surface area contributed by atoms with Crippen molar-refractivity contribution >= 4 is 21.8 Å². The molecular weight excluding hydrogens is 542 g/mol. The molecule has 2 atom stereocenters. The summed E-state index contributed by atoms with van der Waals surface area (Å²) in [5.74, 6) is 0.442. The lowest BCUT2D eigenvalue weighted by atomic mass is 10.1. The molecular formula is C26H29N5O8S. The lowest BCUT2D eigenvalue weighted by Gasteiger charge is -2.22. The predicted octanol–water partition coefficient (Wildman–Crippen LogP) is 0.696. The Bertz CT molecular complexity index is 1540. The first-order valence-corrected chi connectivity index (χ1v) is 13.8. The Hall–Kier alpha value is -4.30. The fourth-order valence-corrected chi connectivity index (χ4v) is 5.95. The highest BCUT2D eigenvalue weighted by molar-refractivity contribution is 7.89. The number of hydrogen-bond acceptors (Lipinski definition) is 9. The van der Waals surface area contributed by atoms with Crippen LogP contribution in [0.4, 0.5) is 0 Å².